The number of carbonyl (C=O) groups is 1. The molecule has 2 aliphatic rings. The molecular weight excluding hydrogens is 440 g/mol. The van der Waals surface area contributed by atoms with Crippen molar-refractivity contribution in [3.8, 4) is 11.5 Å². The van der Waals surface area contributed by atoms with Crippen LogP contribution < -0.4 is 14.8 Å². The van der Waals surface area contributed by atoms with Crippen molar-refractivity contribution in [2.75, 3.05) is 33.4 Å². The van der Waals surface area contributed by atoms with Gasteiger partial charge in [-0.2, -0.15) is 0 Å². The Kier molecular flexibility index (Phi) is 8.02. The van der Waals surface area contributed by atoms with Gasteiger partial charge in [-0.25, -0.2) is 0 Å². The molecule has 1 fully saturated rings. The summed E-state index contributed by atoms with van der Waals surface area (Å²) in [6.45, 7) is 10.1. The van der Waals surface area contributed by atoms with Crippen LogP contribution in [0.25, 0.3) is 0 Å². The standard InChI is InChI=1S/C29H40N2O4/c1-22-19-31(20-23-10-11-25(33-4)18-26(23)35-22)16-12-27(32)30-15-13-29(24-8-6-5-7-9-24)14-17-34-28(2,3)21-29/h5-11,18,22H,12-17,19-21H2,1-4H3,(H,30,32). The second-order valence-corrected chi connectivity index (χ2v) is 10.7. The Morgan fingerprint density at radius 2 is 2.00 bits per heavy atom. The molecule has 2 heterocycles. The van der Waals surface area contributed by atoms with Crippen molar-refractivity contribution < 1.29 is 19.0 Å². The number of rotatable bonds is 8. The zero-order valence-corrected chi connectivity index (χ0v) is 21.6. The van der Waals surface area contributed by atoms with Gasteiger partial charge in [0.2, 0.25) is 5.91 Å². The van der Waals surface area contributed by atoms with E-state index in [2.05, 4.69) is 67.4 Å². The van der Waals surface area contributed by atoms with Gasteiger partial charge < -0.3 is 19.5 Å². The van der Waals surface area contributed by atoms with Crippen LogP contribution in [0.1, 0.15) is 57.6 Å². The van der Waals surface area contributed by atoms with Gasteiger partial charge >= 0.3 is 0 Å². The van der Waals surface area contributed by atoms with Gasteiger partial charge in [0.15, 0.2) is 0 Å². The lowest BCUT2D eigenvalue weighted by Crippen LogP contribution is -2.45. The second kappa shape index (κ2) is 11.0. The normalized spacial score (nSPS) is 24.1. The number of nitrogens with zero attached hydrogens (tertiary/aromatic N) is 1. The van der Waals surface area contributed by atoms with Gasteiger partial charge in [-0.1, -0.05) is 36.4 Å². The highest BCUT2D eigenvalue weighted by molar-refractivity contribution is 5.76. The Bertz CT molecular complexity index is 993. The molecule has 35 heavy (non-hydrogen) atoms. The quantitative estimate of drug-likeness (QED) is 0.593. The summed E-state index contributed by atoms with van der Waals surface area (Å²) in [6.07, 6.45) is 3.38. The monoisotopic (exact) mass is 480 g/mol. The van der Waals surface area contributed by atoms with Crippen LogP contribution in [0.3, 0.4) is 0 Å². The van der Waals surface area contributed by atoms with Gasteiger partial charge in [-0.05, 0) is 51.7 Å². The zero-order chi connectivity index (χ0) is 24.9. The maximum absolute atomic E-state index is 12.8. The number of amides is 1. The predicted molar refractivity (Wildman–Crippen MR) is 138 cm³/mol. The number of carbonyl (C=O) groups excluding carboxylic acids is 1. The smallest absolute Gasteiger partial charge is 0.221 e. The van der Waals surface area contributed by atoms with E-state index in [1.807, 2.05) is 12.1 Å². The minimum atomic E-state index is -0.163. The summed E-state index contributed by atoms with van der Waals surface area (Å²) in [7, 11) is 1.66. The van der Waals surface area contributed by atoms with Crippen molar-refractivity contribution in [1.29, 1.82) is 0 Å². The summed E-state index contributed by atoms with van der Waals surface area (Å²) in [5.41, 5.74) is 2.34. The van der Waals surface area contributed by atoms with Crippen LogP contribution in [0.5, 0.6) is 11.5 Å². The van der Waals surface area contributed by atoms with Gasteiger partial charge in [0, 0.05) is 56.3 Å². The Hall–Kier alpha value is -2.57. The third-order valence-electron chi connectivity index (χ3n) is 7.32. The van der Waals surface area contributed by atoms with Crippen molar-refractivity contribution >= 4 is 5.91 Å². The lowest BCUT2D eigenvalue weighted by Gasteiger charge is -2.45. The van der Waals surface area contributed by atoms with Gasteiger partial charge in [0.25, 0.3) is 0 Å². The van der Waals surface area contributed by atoms with E-state index >= 15 is 0 Å². The fraction of sp³-hybridized carbons (Fsp3) is 0.552. The molecule has 1 amide bonds. The molecular formula is C29H40N2O4. The summed E-state index contributed by atoms with van der Waals surface area (Å²) in [5, 5.41) is 3.20. The van der Waals surface area contributed by atoms with E-state index in [0.717, 1.165) is 56.0 Å². The van der Waals surface area contributed by atoms with Crippen LogP contribution in [-0.4, -0.2) is 55.9 Å². The molecule has 0 saturated carbocycles. The molecule has 0 aliphatic carbocycles. The molecule has 2 aliphatic heterocycles. The number of nitrogens with one attached hydrogen (secondary N) is 1. The topological polar surface area (TPSA) is 60.0 Å². The minimum Gasteiger partial charge on any atom is -0.497 e. The molecule has 1 N–H and O–H groups in total. The van der Waals surface area contributed by atoms with E-state index < -0.39 is 0 Å². The summed E-state index contributed by atoms with van der Waals surface area (Å²) in [6, 6.07) is 16.7. The van der Waals surface area contributed by atoms with Crippen LogP contribution in [0, 0.1) is 0 Å². The molecule has 2 atom stereocenters. The van der Waals surface area contributed by atoms with Crippen LogP contribution in [-0.2, 0) is 21.5 Å². The first kappa shape index (κ1) is 25.5. The molecule has 6 nitrogen and oxygen atoms in total. The number of benzene rings is 2. The van der Waals surface area contributed by atoms with E-state index in [1.165, 1.54) is 5.56 Å². The summed E-state index contributed by atoms with van der Waals surface area (Å²) < 4.78 is 17.5. The van der Waals surface area contributed by atoms with E-state index in [-0.39, 0.29) is 23.0 Å². The SMILES string of the molecule is COc1ccc2c(c1)OC(C)CN(CCC(=O)NCCC1(c3ccccc3)CCOC(C)(C)C1)C2. The van der Waals surface area contributed by atoms with Crippen LogP contribution in [0.2, 0.25) is 0 Å². The Labute approximate surface area is 209 Å². The fourth-order valence-electron chi connectivity index (χ4n) is 5.66. The molecule has 1 saturated heterocycles. The molecule has 4 rings (SSSR count). The number of methoxy groups -OCH3 is 1. The van der Waals surface area contributed by atoms with E-state index in [4.69, 9.17) is 14.2 Å². The van der Waals surface area contributed by atoms with Crippen molar-refractivity contribution in [2.24, 2.45) is 0 Å². The number of hydrogen-bond donors (Lipinski definition) is 1. The molecule has 0 radical (unpaired) electrons. The molecule has 0 spiro atoms. The Morgan fingerprint density at radius 3 is 2.74 bits per heavy atom. The fourth-order valence-corrected chi connectivity index (χ4v) is 5.66. The Morgan fingerprint density at radius 1 is 1.20 bits per heavy atom. The number of fused-ring (bicyclic) bond motifs is 1. The summed E-state index contributed by atoms with van der Waals surface area (Å²) >= 11 is 0. The molecule has 190 valence electrons. The van der Waals surface area contributed by atoms with E-state index in [0.29, 0.717) is 19.5 Å². The number of ether oxygens (including phenoxy) is 3. The lowest BCUT2D eigenvalue weighted by molar-refractivity contribution is -0.121. The first-order valence-electron chi connectivity index (χ1n) is 12.8. The van der Waals surface area contributed by atoms with E-state index in [1.54, 1.807) is 7.11 Å². The molecule has 0 bridgehead atoms. The molecule has 2 aromatic rings. The molecule has 6 heteroatoms. The maximum atomic E-state index is 12.8. The predicted octanol–water partition coefficient (Wildman–Crippen LogP) is 4.70. The van der Waals surface area contributed by atoms with Crippen molar-refractivity contribution in [2.45, 2.75) is 70.1 Å². The highest BCUT2D eigenvalue weighted by Crippen LogP contribution is 2.43. The van der Waals surface area contributed by atoms with Gasteiger partial charge in [0.1, 0.15) is 17.6 Å². The van der Waals surface area contributed by atoms with Crippen molar-refractivity contribution in [1.82, 2.24) is 10.2 Å². The van der Waals surface area contributed by atoms with Crippen LogP contribution in [0.4, 0.5) is 0 Å². The average molecular weight is 481 g/mol. The maximum Gasteiger partial charge on any atom is 0.221 e. The minimum absolute atomic E-state index is 0.0264. The third-order valence-corrected chi connectivity index (χ3v) is 7.32. The van der Waals surface area contributed by atoms with Crippen LogP contribution >= 0.6 is 0 Å². The highest BCUT2D eigenvalue weighted by atomic mass is 16.5. The van der Waals surface area contributed by atoms with Gasteiger partial charge in [-0.3, -0.25) is 9.69 Å². The first-order valence-corrected chi connectivity index (χ1v) is 12.8. The summed E-state index contributed by atoms with van der Waals surface area (Å²) in [4.78, 5) is 15.1. The van der Waals surface area contributed by atoms with Gasteiger partial charge in [-0.15, -0.1) is 0 Å². The average Bonchev–Trinajstić information content (AvgIpc) is 2.99. The Balaban J connectivity index is 1.31. The molecule has 0 aromatic heterocycles. The molecule has 2 unspecified atom stereocenters. The first-order chi connectivity index (χ1) is 16.8. The molecule has 2 aromatic carbocycles. The second-order valence-electron chi connectivity index (χ2n) is 10.7. The van der Waals surface area contributed by atoms with E-state index in [9.17, 15) is 4.79 Å². The van der Waals surface area contributed by atoms with Crippen LogP contribution in [0.15, 0.2) is 48.5 Å². The largest absolute Gasteiger partial charge is 0.497 e. The van der Waals surface area contributed by atoms with Crippen molar-refractivity contribution in [3.63, 3.8) is 0 Å². The number of hydrogen-bond acceptors (Lipinski definition) is 5. The lowest BCUT2D eigenvalue weighted by atomic mass is 9.67. The third kappa shape index (κ3) is 6.56. The van der Waals surface area contributed by atoms with Gasteiger partial charge in [0.05, 0.1) is 12.7 Å². The summed E-state index contributed by atoms with van der Waals surface area (Å²) in [5.74, 6) is 1.77. The zero-order valence-electron chi connectivity index (χ0n) is 21.6. The highest BCUT2D eigenvalue weighted by Gasteiger charge is 2.41. The van der Waals surface area contributed by atoms with Crippen molar-refractivity contribution in [3.05, 3.63) is 59.7 Å².